The summed E-state index contributed by atoms with van der Waals surface area (Å²) in [6.45, 7) is 11.6. The van der Waals surface area contributed by atoms with Crippen LogP contribution in [-0.2, 0) is 0 Å². The van der Waals surface area contributed by atoms with E-state index >= 15 is 0 Å². The van der Waals surface area contributed by atoms with E-state index in [1.165, 1.54) is 0 Å². The highest BCUT2D eigenvalue weighted by Gasteiger charge is 2.12. The highest BCUT2D eigenvalue weighted by atomic mass is 16.1. The van der Waals surface area contributed by atoms with E-state index in [2.05, 4.69) is 46.5 Å². The third-order valence-corrected chi connectivity index (χ3v) is 4.44. The van der Waals surface area contributed by atoms with E-state index in [0.717, 1.165) is 43.7 Å². The van der Waals surface area contributed by atoms with Crippen LogP contribution in [0.3, 0.4) is 0 Å². The van der Waals surface area contributed by atoms with Crippen molar-refractivity contribution in [2.45, 2.75) is 46.6 Å². The lowest BCUT2D eigenvalue weighted by molar-refractivity contribution is 0.0937. The molecule has 7 heteroatoms. The van der Waals surface area contributed by atoms with Crippen LogP contribution in [0.1, 0.15) is 49.5 Å². The summed E-state index contributed by atoms with van der Waals surface area (Å²) in [6, 6.07) is 5.70. The molecule has 0 saturated heterocycles. The minimum atomic E-state index is -0.0401. The molecule has 0 aliphatic carbocycles. The molecule has 1 aromatic heterocycles. The molecule has 2 aromatic rings. The number of carbonyl (C=O) groups is 1. The standard InChI is InChI=1S/C18H28N6O/c1-5-23(6-2)11-7-8-15(4)20-18(25)16-9-10-17(14(3)12-16)24-13-19-21-22-24/h9-10,12-13,15H,5-8,11H2,1-4H3,(H,20,25)/t15-/m0/s1. The third kappa shape index (κ3) is 5.35. The maximum Gasteiger partial charge on any atom is 0.251 e. The SMILES string of the molecule is CCN(CC)CCC[C@H](C)NC(=O)c1ccc(-n2cnnn2)c(C)c1. The third-order valence-electron chi connectivity index (χ3n) is 4.44. The number of aromatic nitrogens is 4. The van der Waals surface area contributed by atoms with Gasteiger partial charge in [0.15, 0.2) is 0 Å². The molecule has 0 aliphatic heterocycles. The fourth-order valence-corrected chi connectivity index (χ4v) is 2.87. The van der Waals surface area contributed by atoms with Gasteiger partial charge < -0.3 is 10.2 Å². The molecular weight excluding hydrogens is 316 g/mol. The Kier molecular flexibility index (Phi) is 7.06. The molecule has 0 spiro atoms. The molecule has 1 aromatic carbocycles. The van der Waals surface area contributed by atoms with Gasteiger partial charge in [-0.2, -0.15) is 0 Å². The van der Waals surface area contributed by atoms with Gasteiger partial charge in [0.2, 0.25) is 0 Å². The summed E-state index contributed by atoms with van der Waals surface area (Å²) in [5.41, 5.74) is 2.48. The van der Waals surface area contributed by atoms with Crippen LogP contribution in [-0.4, -0.2) is 56.7 Å². The average molecular weight is 344 g/mol. The van der Waals surface area contributed by atoms with Gasteiger partial charge in [0.05, 0.1) is 5.69 Å². The second-order valence-corrected chi connectivity index (χ2v) is 6.30. The zero-order valence-corrected chi connectivity index (χ0v) is 15.6. The van der Waals surface area contributed by atoms with Gasteiger partial charge in [-0.15, -0.1) is 5.10 Å². The van der Waals surface area contributed by atoms with Crippen LogP contribution in [0, 0.1) is 6.92 Å². The number of aryl methyl sites for hydroxylation is 1. The van der Waals surface area contributed by atoms with Crippen molar-refractivity contribution in [2.75, 3.05) is 19.6 Å². The summed E-state index contributed by atoms with van der Waals surface area (Å²) in [5.74, 6) is -0.0401. The van der Waals surface area contributed by atoms with Gasteiger partial charge in [-0.1, -0.05) is 13.8 Å². The number of rotatable bonds is 9. The van der Waals surface area contributed by atoms with Crippen LogP contribution in [0.4, 0.5) is 0 Å². The fourth-order valence-electron chi connectivity index (χ4n) is 2.87. The number of tetrazole rings is 1. The fraction of sp³-hybridized carbons (Fsp3) is 0.556. The van der Waals surface area contributed by atoms with Crippen LogP contribution in [0.5, 0.6) is 0 Å². The van der Waals surface area contributed by atoms with Gasteiger partial charge >= 0.3 is 0 Å². The topological polar surface area (TPSA) is 75.9 Å². The van der Waals surface area contributed by atoms with E-state index in [1.54, 1.807) is 11.0 Å². The van der Waals surface area contributed by atoms with Crippen LogP contribution < -0.4 is 5.32 Å². The summed E-state index contributed by atoms with van der Waals surface area (Å²) in [7, 11) is 0. The number of hydrogen-bond donors (Lipinski definition) is 1. The summed E-state index contributed by atoms with van der Waals surface area (Å²) < 4.78 is 1.59. The number of hydrogen-bond acceptors (Lipinski definition) is 5. The number of benzene rings is 1. The van der Waals surface area contributed by atoms with Crippen molar-refractivity contribution >= 4 is 5.91 Å². The first-order valence-electron chi connectivity index (χ1n) is 8.92. The Hall–Kier alpha value is -2.28. The van der Waals surface area contributed by atoms with Crippen molar-refractivity contribution in [1.82, 2.24) is 30.4 Å². The van der Waals surface area contributed by atoms with Crippen LogP contribution in [0.25, 0.3) is 5.69 Å². The van der Waals surface area contributed by atoms with Crippen LogP contribution in [0.15, 0.2) is 24.5 Å². The van der Waals surface area contributed by atoms with Crippen molar-refractivity contribution in [3.63, 3.8) is 0 Å². The van der Waals surface area contributed by atoms with Crippen molar-refractivity contribution in [1.29, 1.82) is 0 Å². The Morgan fingerprint density at radius 2 is 2.08 bits per heavy atom. The van der Waals surface area contributed by atoms with E-state index in [1.807, 2.05) is 25.1 Å². The molecule has 136 valence electrons. The van der Waals surface area contributed by atoms with Gasteiger partial charge in [0.25, 0.3) is 5.91 Å². The van der Waals surface area contributed by atoms with Gasteiger partial charge in [-0.3, -0.25) is 4.79 Å². The zero-order valence-electron chi connectivity index (χ0n) is 15.6. The van der Waals surface area contributed by atoms with Crippen LogP contribution in [0.2, 0.25) is 0 Å². The molecule has 1 amide bonds. The second kappa shape index (κ2) is 9.27. The van der Waals surface area contributed by atoms with E-state index in [4.69, 9.17) is 0 Å². The zero-order chi connectivity index (χ0) is 18.2. The van der Waals surface area contributed by atoms with E-state index in [-0.39, 0.29) is 11.9 Å². The van der Waals surface area contributed by atoms with Crippen molar-refractivity contribution in [3.05, 3.63) is 35.7 Å². The molecule has 0 unspecified atom stereocenters. The normalized spacial score (nSPS) is 12.4. The number of carbonyl (C=O) groups excluding carboxylic acids is 1. The Bertz CT molecular complexity index is 666. The lowest BCUT2D eigenvalue weighted by atomic mass is 10.1. The van der Waals surface area contributed by atoms with E-state index in [9.17, 15) is 4.79 Å². The molecule has 7 nitrogen and oxygen atoms in total. The molecule has 1 N–H and O–H groups in total. The first-order valence-corrected chi connectivity index (χ1v) is 8.92. The number of nitrogens with one attached hydrogen (secondary N) is 1. The van der Waals surface area contributed by atoms with Crippen molar-refractivity contribution in [2.24, 2.45) is 0 Å². The lowest BCUT2D eigenvalue weighted by Gasteiger charge is -2.20. The minimum Gasteiger partial charge on any atom is -0.350 e. The summed E-state index contributed by atoms with van der Waals surface area (Å²) in [4.78, 5) is 14.8. The smallest absolute Gasteiger partial charge is 0.251 e. The lowest BCUT2D eigenvalue weighted by Crippen LogP contribution is -2.33. The summed E-state index contributed by atoms with van der Waals surface area (Å²) in [6.07, 6.45) is 3.60. The van der Waals surface area contributed by atoms with Gasteiger partial charge in [-0.05, 0) is 80.5 Å². The quantitative estimate of drug-likeness (QED) is 0.755. The van der Waals surface area contributed by atoms with Crippen molar-refractivity contribution in [3.8, 4) is 5.69 Å². The highest BCUT2D eigenvalue weighted by molar-refractivity contribution is 5.94. The Morgan fingerprint density at radius 3 is 2.68 bits per heavy atom. The average Bonchev–Trinajstić information content (AvgIpc) is 3.13. The molecule has 1 heterocycles. The molecule has 0 bridgehead atoms. The second-order valence-electron chi connectivity index (χ2n) is 6.30. The predicted octanol–water partition coefficient (Wildman–Crippen LogP) is 2.21. The predicted molar refractivity (Wildman–Crippen MR) is 97.8 cm³/mol. The Balaban J connectivity index is 1.89. The first kappa shape index (κ1) is 19.1. The largest absolute Gasteiger partial charge is 0.350 e. The van der Waals surface area contributed by atoms with Gasteiger partial charge in [0, 0.05) is 11.6 Å². The molecule has 1 atom stereocenters. The molecule has 2 rings (SSSR count). The highest BCUT2D eigenvalue weighted by Crippen LogP contribution is 2.14. The van der Waals surface area contributed by atoms with Gasteiger partial charge in [0.1, 0.15) is 6.33 Å². The number of amides is 1. The molecule has 25 heavy (non-hydrogen) atoms. The first-order chi connectivity index (χ1) is 12.0. The summed E-state index contributed by atoms with van der Waals surface area (Å²) in [5, 5.41) is 14.2. The van der Waals surface area contributed by atoms with Crippen LogP contribution >= 0.6 is 0 Å². The maximum absolute atomic E-state index is 12.4. The van der Waals surface area contributed by atoms with E-state index < -0.39 is 0 Å². The molecule has 0 saturated carbocycles. The number of nitrogens with zero attached hydrogens (tertiary/aromatic N) is 5. The maximum atomic E-state index is 12.4. The minimum absolute atomic E-state index is 0.0401. The molecular formula is C18H28N6O. The van der Waals surface area contributed by atoms with Gasteiger partial charge in [-0.25, -0.2) is 4.68 Å². The molecule has 0 radical (unpaired) electrons. The monoisotopic (exact) mass is 344 g/mol. The molecule has 0 fully saturated rings. The Morgan fingerprint density at radius 1 is 1.32 bits per heavy atom. The van der Waals surface area contributed by atoms with E-state index in [0.29, 0.717) is 5.56 Å². The van der Waals surface area contributed by atoms with Crippen molar-refractivity contribution < 1.29 is 4.79 Å². The Labute approximate surface area is 149 Å². The summed E-state index contributed by atoms with van der Waals surface area (Å²) >= 11 is 0. The molecule has 0 aliphatic rings.